The summed E-state index contributed by atoms with van der Waals surface area (Å²) in [5.74, 6) is 1.61. The zero-order valence-electron chi connectivity index (χ0n) is 16.5. The molecule has 1 fully saturated rings. The molecule has 3 N–H and O–H groups in total. The SMILES string of the molecule is CCNC(=NCc1ccc(OCCOC)cc1)NCC1(CCO)CCOC1. The maximum atomic E-state index is 9.36. The van der Waals surface area contributed by atoms with Crippen molar-refractivity contribution in [3.8, 4) is 5.75 Å². The van der Waals surface area contributed by atoms with Crippen LogP contribution in [0.25, 0.3) is 0 Å². The highest BCUT2D eigenvalue weighted by molar-refractivity contribution is 5.79. The van der Waals surface area contributed by atoms with E-state index in [1.165, 1.54) is 0 Å². The maximum Gasteiger partial charge on any atom is 0.191 e. The van der Waals surface area contributed by atoms with Crippen LogP contribution in [0.2, 0.25) is 0 Å². The predicted octanol–water partition coefficient (Wildman–Crippen LogP) is 1.56. The zero-order chi connectivity index (χ0) is 19.4. The summed E-state index contributed by atoms with van der Waals surface area (Å²) in [4.78, 5) is 4.67. The summed E-state index contributed by atoms with van der Waals surface area (Å²) in [6.45, 7) is 6.90. The fourth-order valence-corrected chi connectivity index (χ4v) is 3.03. The normalized spacial score (nSPS) is 19.9. The summed E-state index contributed by atoms with van der Waals surface area (Å²) in [6, 6.07) is 7.94. The van der Waals surface area contributed by atoms with Gasteiger partial charge in [-0.2, -0.15) is 0 Å². The van der Waals surface area contributed by atoms with E-state index in [0.717, 1.165) is 49.8 Å². The minimum Gasteiger partial charge on any atom is -0.491 e. The van der Waals surface area contributed by atoms with Gasteiger partial charge in [-0.25, -0.2) is 4.99 Å². The first kappa shape index (κ1) is 21.5. The number of aliphatic hydroxyl groups is 1. The summed E-state index contributed by atoms with van der Waals surface area (Å²) in [6.07, 6.45) is 1.70. The highest BCUT2D eigenvalue weighted by atomic mass is 16.5. The van der Waals surface area contributed by atoms with Gasteiger partial charge < -0.3 is 30.0 Å². The van der Waals surface area contributed by atoms with E-state index in [4.69, 9.17) is 14.2 Å². The highest BCUT2D eigenvalue weighted by Gasteiger charge is 2.34. The van der Waals surface area contributed by atoms with Crippen LogP contribution in [0, 0.1) is 5.41 Å². The minimum absolute atomic E-state index is 0.00781. The van der Waals surface area contributed by atoms with Gasteiger partial charge in [0.1, 0.15) is 12.4 Å². The molecule has 152 valence electrons. The average Bonchev–Trinajstić information content (AvgIpc) is 3.14. The van der Waals surface area contributed by atoms with Crippen molar-refractivity contribution in [3.63, 3.8) is 0 Å². The van der Waals surface area contributed by atoms with Gasteiger partial charge in [-0.3, -0.25) is 0 Å². The Hall–Kier alpha value is -1.83. The van der Waals surface area contributed by atoms with Crippen LogP contribution in [0.5, 0.6) is 5.75 Å². The van der Waals surface area contributed by atoms with E-state index < -0.39 is 0 Å². The van der Waals surface area contributed by atoms with Crippen molar-refractivity contribution in [2.45, 2.75) is 26.3 Å². The van der Waals surface area contributed by atoms with Gasteiger partial charge in [-0.05, 0) is 37.5 Å². The van der Waals surface area contributed by atoms with Crippen LogP contribution in [0.4, 0.5) is 0 Å². The maximum absolute atomic E-state index is 9.36. The van der Waals surface area contributed by atoms with E-state index >= 15 is 0 Å². The van der Waals surface area contributed by atoms with E-state index in [1.54, 1.807) is 7.11 Å². The molecule has 1 aliphatic rings. The Kier molecular flexibility index (Phi) is 9.38. The van der Waals surface area contributed by atoms with Gasteiger partial charge >= 0.3 is 0 Å². The Morgan fingerprint density at radius 3 is 2.70 bits per heavy atom. The molecule has 0 aromatic heterocycles. The topological polar surface area (TPSA) is 84.3 Å². The van der Waals surface area contributed by atoms with Gasteiger partial charge in [0.15, 0.2) is 5.96 Å². The Morgan fingerprint density at radius 2 is 2.07 bits per heavy atom. The quantitative estimate of drug-likeness (QED) is 0.307. The van der Waals surface area contributed by atoms with Crippen LogP contribution >= 0.6 is 0 Å². The molecule has 0 aliphatic carbocycles. The van der Waals surface area contributed by atoms with Gasteiger partial charge in [-0.1, -0.05) is 12.1 Å². The molecule has 1 aromatic carbocycles. The summed E-state index contributed by atoms with van der Waals surface area (Å²) in [5.41, 5.74) is 1.10. The number of hydrogen-bond acceptors (Lipinski definition) is 5. The molecule has 1 aliphatic heterocycles. The molecule has 2 rings (SSSR count). The van der Waals surface area contributed by atoms with Gasteiger partial charge in [0.2, 0.25) is 0 Å². The first-order valence-corrected chi connectivity index (χ1v) is 9.63. The van der Waals surface area contributed by atoms with E-state index in [0.29, 0.717) is 26.4 Å². The molecule has 0 bridgehead atoms. The molecule has 0 radical (unpaired) electrons. The molecule has 0 saturated carbocycles. The molecule has 7 heteroatoms. The second kappa shape index (κ2) is 11.8. The van der Waals surface area contributed by atoms with Gasteiger partial charge in [0, 0.05) is 38.8 Å². The van der Waals surface area contributed by atoms with Crippen LogP contribution in [0.1, 0.15) is 25.3 Å². The van der Waals surface area contributed by atoms with Crippen LogP contribution in [-0.2, 0) is 16.0 Å². The number of aliphatic hydroxyl groups excluding tert-OH is 1. The number of nitrogens with zero attached hydrogens (tertiary/aromatic N) is 1. The zero-order valence-corrected chi connectivity index (χ0v) is 16.5. The van der Waals surface area contributed by atoms with Gasteiger partial charge in [0.05, 0.1) is 19.8 Å². The van der Waals surface area contributed by atoms with Gasteiger partial charge in [0.25, 0.3) is 0 Å². The van der Waals surface area contributed by atoms with E-state index in [1.807, 2.05) is 31.2 Å². The molecule has 1 heterocycles. The number of nitrogens with one attached hydrogen (secondary N) is 2. The standard InChI is InChI=1S/C20H33N3O4/c1-3-21-19(23-15-20(8-10-24)9-11-26-16-20)22-14-17-4-6-18(7-5-17)27-13-12-25-2/h4-7,24H,3,8-16H2,1-2H3,(H2,21,22,23). The van der Waals surface area contributed by atoms with Crippen molar-refractivity contribution in [3.05, 3.63) is 29.8 Å². The molecular weight excluding hydrogens is 346 g/mol. The average molecular weight is 380 g/mol. The fourth-order valence-electron chi connectivity index (χ4n) is 3.03. The number of hydrogen-bond donors (Lipinski definition) is 3. The lowest BCUT2D eigenvalue weighted by atomic mass is 9.84. The molecule has 1 atom stereocenters. The highest BCUT2D eigenvalue weighted by Crippen LogP contribution is 2.31. The largest absolute Gasteiger partial charge is 0.491 e. The second-order valence-corrected chi connectivity index (χ2v) is 6.81. The Morgan fingerprint density at radius 1 is 1.26 bits per heavy atom. The van der Waals surface area contributed by atoms with Crippen LogP contribution in [0.15, 0.2) is 29.3 Å². The lowest BCUT2D eigenvalue weighted by Crippen LogP contribution is -2.44. The Balaban J connectivity index is 1.88. The summed E-state index contributed by atoms with van der Waals surface area (Å²) in [5, 5.41) is 16.0. The van der Waals surface area contributed by atoms with Crippen molar-refractivity contribution in [2.24, 2.45) is 10.4 Å². The molecule has 1 aromatic rings. The third kappa shape index (κ3) is 7.36. The number of rotatable bonds is 11. The van der Waals surface area contributed by atoms with E-state index in [2.05, 4.69) is 15.6 Å². The predicted molar refractivity (Wildman–Crippen MR) is 106 cm³/mol. The van der Waals surface area contributed by atoms with E-state index in [9.17, 15) is 5.11 Å². The van der Waals surface area contributed by atoms with Crippen molar-refractivity contribution in [2.75, 3.05) is 53.2 Å². The third-order valence-corrected chi connectivity index (χ3v) is 4.70. The number of ether oxygens (including phenoxy) is 3. The summed E-state index contributed by atoms with van der Waals surface area (Å²) < 4.78 is 16.1. The van der Waals surface area contributed by atoms with Crippen LogP contribution in [0.3, 0.4) is 0 Å². The number of aliphatic imine (C=N–C) groups is 1. The Labute approximate surface area is 162 Å². The fraction of sp³-hybridized carbons (Fsp3) is 0.650. The summed E-state index contributed by atoms with van der Waals surface area (Å²) in [7, 11) is 1.66. The van der Waals surface area contributed by atoms with Crippen molar-refractivity contribution in [1.29, 1.82) is 0 Å². The lowest BCUT2D eigenvalue weighted by molar-refractivity contribution is 0.127. The van der Waals surface area contributed by atoms with Crippen LogP contribution in [-0.4, -0.2) is 64.3 Å². The van der Waals surface area contributed by atoms with Crippen molar-refractivity contribution >= 4 is 5.96 Å². The first-order chi connectivity index (χ1) is 13.2. The molecule has 1 saturated heterocycles. The molecule has 0 amide bonds. The molecule has 7 nitrogen and oxygen atoms in total. The molecular formula is C20H33N3O4. The smallest absolute Gasteiger partial charge is 0.191 e. The van der Waals surface area contributed by atoms with Gasteiger partial charge in [-0.15, -0.1) is 0 Å². The number of guanidine groups is 1. The minimum atomic E-state index is -0.00781. The second-order valence-electron chi connectivity index (χ2n) is 6.81. The Bertz CT molecular complexity index is 557. The lowest BCUT2D eigenvalue weighted by Gasteiger charge is -2.27. The van der Waals surface area contributed by atoms with E-state index in [-0.39, 0.29) is 12.0 Å². The molecule has 1 unspecified atom stereocenters. The van der Waals surface area contributed by atoms with Crippen molar-refractivity contribution < 1.29 is 19.3 Å². The third-order valence-electron chi connectivity index (χ3n) is 4.70. The molecule has 27 heavy (non-hydrogen) atoms. The van der Waals surface area contributed by atoms with Crippen molar-refractivity contribution in [1.82, 2.24) is 10.6 Å². The number of methoxy groups -OCH3 is 1. The first-order valence-electron chi connectivity index (χ1n) is 9.63. The monoisotopic (exact) mass is 379 g/mol. The van der Waals surface area contributed by atoms with Crippen LogP contribution < -0.4 is 15.4 Å². The number of benzene rings is 1. The summed E-state index contributed by atoms with van der Waals surface area (Å²) >= 11 is 0. The molecule has 0 spiro atoms.